The van der Waals surface area contributed by atoms with Crippen molar-refractivity contribution in [1.82, 2.24) is 14.7 Å². The largest absolute Gasteiger partial charge is 0.357 e. The number of carbonyl (C=O) groups excluding carboxylic acids is 1. The van der Waals surface area contributed by atoms with Gasteiger partial charge in [-0.15, -0.1) is 0 Å². The molecule has 1 amide bonds. The van der Waals surface area contributed by atoms with Crippen LogP contribution in [0.2, 0.25) is 0 Å². The van der Waals surface area contributed by atoms with Gasteiger partial charge in [0.05, 0.1) is 17.1 Å². The molecule has 0 bridgehead atoms. The van der Waals surface area contributed by atoms with Gasteiger partial charge in [0, 0.05) is 18.7 Å². The molecule has 1 aliphatic rings. The molecule has 34 heavy (non-hydrogen) atoms. The fourth-order valence-corrected chi connectivity index (χ4v) is 4.49. The fourth-order valence-electron chi connectivity index (χ4n) is 4.49. The summed E-state index contributed by atoms with van der Waals surface area (Å²) in [6.07, 6.45) is 2.09. The van der Waals surface area contributed by atoms with Crippen LogP contribution >= 0.6 is 0 Å². The van der Waals surface area contributed by atoms with E-state index in [1.54, 1.807) is 16.8 Å². The van der Waals surface area contributed by atoms with E-state index in [-0.39, 0.29) is 5.69 Å². The van der Waals surface area contributed by atoms with Crippen LogP contribution in [0.25, 0.3) is 16.5 Å². The summed E-state index contributed by atoms with van der Waals surface area (Å²) in [4.78, 5) is 15.1. The predicted octanol–water partition coefficient (Wildman–Crippen LogP) is 5.45. The van der Waals surface area contributed by atoms with E-state index in [1.807, 2.05) is 49.1 Å². The third-order valence-corrected chi connectivity index (χ3v) is 6.27. The maximum Gasteiger partial charge on any atom is 0.274 e. The summed E-state index contributed by atoms with van der Waals surface area (Å²) in [5, 5.41) is 17.7. The first-order chi connectivity index (χ1) is 16.4. The van der Waals surface area contributed by atoms with Crippen molar-refractivity contribution in [3.63, 3.8) is 0 Å². The maximum absolute atomic E-state index is 14.9. The smallest absolute Gasteiger partial charge is 0.274 e. The molecule has 2 N–H and O–H groups in total. The minimum Gasteiger partial charge on any atom is -0.357 e. The zero-order valence-corrected chi connectivity index (χ0v) is 19.2. The van der Waals surface area contributed by atoms with Gasteiger partial charge in [-0.1, -0.05) is 24.3 Å². The molecular weight excluding hydrogens is 429 g/mol. The highest BCUT2D eigenvalue weighted by Gasteiger charge is 2.20. The van der Waals surface area contributed by atoms with Gasteiger partial charge in [-0.2, -0.15) is 5.10 Å². The molecule has 0 atom stereocenters. The highest BCUT2D eigenvalue weighted by atomic mass is 19.1. The molecule has 172 valence electrons. The number of anilines is 1. The lowest BCUT2D eigenvalue weighted by Gasteiger charge is -2.19. The molecule has 1 aliphatic heterocycles. The quantitative estimate of drug-likeness (QED) is 0.317. The number of rotatable bonds is 4. The van der Waals surface area contributed by atoms with Crippen LogP contribution in [0.3, 0.4) is 0 Å². The number of hydrogen-bond donors (Lipinski definition) is 2. The average molecular weight is 456 g/mol. The molecule has 1 saturated heterocycles. The van der Waals surface area contributed by atoms with E-state index in [9.17, 15) is 9.18 Å². The first-order valence-corrected chi connectivity index (χ1v) is 11.4. The molecule has 6 nitrogen and oxygen atoms in total. The summed E-state index contributed by atoms with van der Waals surface area (Å²) in [6.45, 7) is 5.43. The van der Waals surface area contributed by atoms with Crippen molar-refractivity contribution in [2.45, 2.75) is 26.7 Å². The number of amidine groups is 1. The Kier molecular flexibility index (Phi) is 5.61. The summed E-state index contributed by atoms with van der Waals surface area (Å²) >= 11 is 0. The van der Waals surface area contributed by atoms with Gasteiger partial charge in [-0.25, -0.2) is 9.07 Å². The van der Waals surface area contributed by atoms with Gasteiger partial charge in [-0.3, -0.25) is 10.2 Å². The van der Waals surface area contributed by atoms with Gasteiger partial charge in [0.1, 0.15) is 17.3 Å². The van der Waals surface area contributed by atoms with Crippen molar-refractivity contribution >= 4 is 28.2 Å². The molecule has 5 rings (SSSR count). The second kappa shape index (κ2) is 8.74. The van der Waals surface area contributed by atoms with Crippen molar-refractivity contribution in [2.24, 2.45) is 0 Å². The maximum atomic E-state index is 14.9. The van der Waals surface area contributed by atoms with E-state index >= 15 is 0 Å². The Morgan fingerprint density at radius 2 is 1.71 bits per heavy atom. The summed E-state index contributed by atoms with van der Waals surface area (Å²) in [5.41, 5.74) is 3.36. The summed E-state index contributed by atoms with van der Waals surface area (Å²) in [5.74, 6) is -0.705. The fraction of sp³-hybridized carbons (Fsp3) is 0.222. The summed E-state index contributed by atoms with van der Waals surface area (Å²) in [6, 6.07) is 18.3. The van der Waals surface area contributed by atoms with E-state index < -0.39 is 11.7 Å². The molecule has 0 spiro atoms. The molecule has 1 aromatic heterocycles. The standard InChI is InChI=1S/C27H26FN5O/c1-17-13-19-7-3-4-8-20(19)16-24(17)33-25(14-18(2)31-33)27(34)30-23-10-9-21(15-22(23)28)26(29)32-11-5-6-12-32/h3-4,7-10,13-16,29H,5-6,11-12H2,1-2H3,(H,30,34). The van der Waals surface area contributed by atoms with Gasteiger partial charge in [0.25, 0.3) is 5.91 Å². The second-order valence-electron chi connectivity index (χ2n) is 8.76. The number of nitrogens with zero attached hydrogens (tertiary/aromatic N) is 3. The Balaban J connectivity index is 1.43. The molecule has 0 radical (unpaired) electrons. The molecule has 1 fully saturated rings. The number of likely N-dealkylation sites (tertiary alicyclic amines) is 1. The first-order valence-electron chi connectivity index (χ1n) is 11.4. The lowest BCUT2D eigenvalue weighted by molar-refractivity contribution is 0.101. The number of fused-ring (bicyclic) bond motifs is 1. The molecule has 7 heteroatoms. The highest BCUT2D eigenvalue weighted by Crippen LogP contribution is 2.25. The van der Waals surface area contributed by atoms with Gasteiger partial charge in [-0.05, 0) is 79.4 Å². The van der Waals surface area contributed by atoms with Gasteiger partial charge in [0.2, 0.25) is 0 Å². The van der Waals surface area contributed by atoms with Gasteiger partial charge < -0.3 is 10.2 Å². The van der Waals surface area contributed by atoms with Crippen molar-refractivity contribution in [1.29, 1.82) is 5.41 Å². The normalized spacial score (nSPS) is 13.4. The lowest BCUT2D eigenvalue weighted by Crippen LogP contribution is -2.27. The number of aryl methyl sites for hydroxylation is 2. The Morgan fingerprint density at radius 3 is 2.41 bits per heavy atom. The third kappa shape index (κ3) is 4.05. The molecular formula is C27H26FN5O. The Hall–Kier alpha value is -4.00. The predicted molar refractivity (Wildman–Crippen MR) is 133 cm³/mol. The first kappa shape index (κ1) is 21.8. The lowest BCUT2D eigenvalue weighted by atomic mass is 10.1. The minimum absolute atomic E-state index is 0.0728. The van der Waals surface area contributed by atoms with E-state index in [1.165, 1.54) is 12.1 Å². The monoisotopic (exact) mass is 455 g/mol. The summed E-state index contributed by atoms with van der Waals surface area (Å²) in [7, 11) is 0. The number of carbonyl (C=O) groups is 1. The van der Waals surface area contributed by atoms with Crippen molar-refractivity contribution in [3.8, 4) is 5.69 Å². The van der Waals surface area contributed by atoms with E-state index in [4.69, 9.17) is 5.41 Å². The average Bonchev–Trinajstić information content (AvgIpc) is 3.49. The van der Waals surface area contributed by atoms with Crippen LogP contribution in [0.15, 0.2) is 60.7 Å². The van der Waals surface area contributed by atoms with E-state index in [2.05, 4.69) is 16.5 Å². The number of hydrogen-bond acceptors (Lipinski definition) is 3. The van der Waals surface area contributed by atoms with Gasteiger partial charge in [0.15, 0.2) is 0 Å². The second-order valence-corrected chi connectivity index (χ2v) is 8.76. The molecule has 4 aromatic rings. The number of aromatic nitrogens is 2. The molecule has 2 heterocycles. The van der Waals surface area contributed by atoms with Crippen molar-refractivity contribution in [3.05, 3.63) is 89.0 Å². The van der Waals surface area contributed by atoms with Crippen molar-refractivity contribution in [2.75, 3.05) is 18.4 Å². The molecule has 0 unspecified atom stereocenters. The highest BCUT2D eigenvalue weighted by molar-refractivity contribution is 6.04. The number of benzene rings is 3. The molecule has 3 aromatic carbocycles. The van der Waals surface area contributed by atoms with Crippen LogP contribution in [0.5, 0.6) is 0 Å². The molecule has 0 aliphatic carbocycles. The minimum atomic E-state index is -0.570. The van der Waals surface area contributed by atoms with Crippen LogP contribution < -0.4 is 5.32 Å². The van der Waals surface area contributed by atoms with Crippen LogP contribution in [-0.4, -0.2) is 39.5 Å². The van der Waals surface area contributed by atoms with E-state index in [0.717, 1.165) is 48.0 Å². The Morgan fingerprint density at radius 1 is 1.00 bits per heavy atom. The SMILES string of the molecule is Cc1cc(C(=O)Nc2ccc(C(=N)N3CCCC3)cc2F)n(-c2cc3ccccc3cc2C)n1. The summed E-state index contributed by atoms with van der Waals surface area (Å²) < 4.78 is 16.5. The Labute approximate surface area is 197 Å². The van der Waals surface area contributed by atoms with Crippen LogP contribution in [0.1, 0.15) is 40.2 Å². The number of halogens is 1. The van der Waals surface area contributed by atoms with Crippen LogP contribution in [-0.2, 0) is 0 Å². The molecule has 0 saturated carbocycles. The topological polar surface area (TPSA) is 74.0 Å². The zero-order chi connectivity index (χ0) is 23.8. The Bertz CT molecular complexity index is 1420. The number of amides is 1. The van der Waals surface area contributed by atoms with Gasteiger partial charge >= 0.3 is 0 Å². The van der Waals surface area contributed by atoms with Crippen molar-refractivity contribution < 1.29 is 9.18 Å². The number of nitrogens with one attached hydrogen (secondary N) is 2. The van der Waals surface area contributed by atoms with Crippen LogP contribution in [0.4, 0.5) is 10.1 Å². The van der Waals surface area contributed by atoms with Crippen LogP contribution in [0, 0.1) is 25.1 Å². The van der Waals surface area contributed by atoms with E-state index in [0.29, 0.717) is 22.8 Å². The third-order valence-electron chi connectivity index (χ3n) is 6.27. The zero-order valence-electron chi connectivity index (χ0n) is 19.2.